The van der Waals surface area contributed by atoms with Crippen molar-refractivity contribution in [1.29, 1.82) is 0 Å². The molecule has 0 aromatic carbocycles. The molecule has 5 heteroatoms. The average molecular weight is 200 g/mol. The van der Waals surface area contributed by atoms with E-state index in [1.54, 1.807) is 0 Å². The molecule has 1 N–H and O–H groups in total. The molecule has 3 nitrogen and oxygen atoms in total. The Hall–Kier alpha value is 0.709. The van der Waals surface area contributed by atoms with Crippen LogP contribution in [0.3, 0.4) is 0 Å². The SMILES string of the molecule is O=[S](=O)(O)[Sn]. The minimum absolute atomic E-state index is 0.145. The molecule has 0 aliphatic heterocycles. The van der Waals surface area contributed by atoms with Crippen LogP contribution in [0.1, 0.15) is 0 Å². The van der Waals surface area contributed by atoms with Gasteiger partial charge in [0.1, 0.15) is 0 Å². The summed E-state index contributed by atoms with van der Waals surface area (Å²) in [5.74, 6) is 0. The van der Waals surface area contributed by atoms with E-state index in [9.17, 15) is 8.42 Å². The Labute approximate surface area is 41.7 Å². The Morgan fingerprint density at radius 1 is 1.60 bits per heavy atom. The summed E-state index contributed by atoms with van der Waals surface area (Å²) in [6.07, 6.45) is 0. The van der Waals surface area contributed by atoms with Gasteiger partial charge in [-0.05, 0) is 0 Å². The molecule has 0 rings (SSSR count). The Kier molecular flexibility index (Phi) is 1.64. The van der Waals surface area contributed by atoms with E-state index in [4.69, 9.17) is 4.55 Å². The molecule has 0 fully saturated rings. The fourth-order valence-corrected chi connectivity index (χ4v) is 0. The first kappa shape index (κ1) is 5.71. The van der Waals surface area contributed by atoms with Crippen LogP contribution in [-0.4, -0.2) is 34.1 Å². The van der Waals surface area contributed by atoms with E-state index in [1.807, 2.05) is 0 Å². The molecule has 0 aromatic heterocycles. The van der Waals surface area contributed by atoms with Crippen molar-refractivity contribution in [2.75, 3.05) is 0 Å². The topological polar surface area (TPSA) is 54.4 Å². The van der Waals surface area contributed by atoms with Crippen LogP contribution in [0.2, 0.25) is 0 Å². The molecule has 0 atom stereocenters. The summed E-state index contributed by atoms with van der Waals surface area (Å²) < 4.78 is 26.0. The second kappa shape index (κ2) is 1.44. The summed E-state index contributed by atoms with van der Waals surface area (Å²) in [7, 11) is -3.58. The van der Waals surface area contributed by atoms with Crippen LogP contribution in [0.25, 0.3) is 0 Å². The third-order valence-corrected chi connectivity index (χ3v) is 0. The van der Waals surface area contributed by atoms with Crippen molar-refractivity contribution in [1.82, 2.24) is 0 Å². The van der Waals surface area contributed by atoms with Crippen molar-refractivity contribution in [2.45, 2.75) is 0 Å². The molecule has 0 unspecified atom stereocenters. The van der Waals surface area contributed by atoms with Gasteiger partial charge in [0.15, 0.2) is 0 Å². The molecule has 0 aliphatic rings. The van der Waals surface area contributed by atoms with Crippen LogP contribution >= 0.6 is 0 Å². The van der Waals surface area contributed by atoms with Crippen LogP contribution in [0.4, 0.5) is 0 Å². The first-order valence-corrected chi connectivity index (χ1v) is 5.66. The second-order valence-corrected chi connectivity index (χ2v) is 5.84. The van der Waals surface area contributed by atoms with Gasteiger partial charge in [0.05, 0.1) is 0 Å². The predicted octanol–water partition coefficient (Wildman–Crippen LogP) is -1.04. The molecule has 0 saturated carbocycles. The van der Waals surface area contributed by atoms with Gasteiger partial charge in [-0.1, -0.05) is 0 Å². The fraction of sp³-hybridized carbons (Fsp3) is 0. The average Bonchev–Trinajstić information content (AvgIpc) is 0.722. The first-order valence-electron chi connectivity index (χ1n) is 0.720. The van der Waals surface area contributed by atoms with Crippen LogP contribution < -0.4 is 0 Å². The molecule has 0 heterocycles. The number of rotatable bonds is 0. The van der Waals surface area contributed by atoms with Crippen LogP contribution in [0.15, 0.2) is 0 Å². The quantitative estimate of drug-likeness (QED) is 0.401. The van der Waals surface area contributed by atoms with Gasteiger partial charge < -0.3 is 0 Å². The van der Waals surface area contributed by atoms with Crippen LogP contribution in [0.5, 0.6) is 0 Å². The molecule has 0 aliphatic carbocycles. The molecular formula is HO3SSn. The standard InChI is InChI=1S/HO3S.Sn/c1-4(2)3;/h(H,1,2,3);. The van der Waals surface area contributed by atoms with Crippen molar-refractivity contribution in [3.63, 3.8) is 0 Å². The zero-order valence-corrected chi connectivity index (χ0v) is 5.84. The van der Waals surface area contributed by atoms with E-state index < -0.39 is 7.30 Å². The Bertz CT molecular complexity index is 90.1. The molecule has 0 amide bonds. The van der Waals surface area contributed by atoms with Crippen molar-refractivity contribution >= 4 is 28.4 Å². The molecule has 5 heavy (non-hydrogen) atoms. The van der Waals surface area contributed by atoms with Gasteiger partial charge in [0.2, 0.25) is 0 Å². The van der Waals surface area contributed by atoms with Crippen LogP contribution in [-0.2, 0) is 7.30 Å². The van der Waals surface area contributed by atoms with Gasteiger partial charge in [0.25, 0.3) is 0 Å². The first-order chi connectivity index (χ1) is 2.00. The summed E-state index contributed by atoms with van der Waals surface area (Å²) in [5.41, 5.74) is 0. The van der Waals surface area contributed by atoms with E-state index in [0.717, 1.165) is 0 Å². The van der Waals surface area contributed by atoms with E-state index in [0.29, 0.717) is 0 Å². The normalized spacial score (nSPS) is 11.6. The maximum absolute atomic E-state index is 9.23. The number of hydrogen-bond donors (Lipinski definition) is 1. The van der Waals surface area contributed by atoms with Crippen LogP contribution in [0, 0.1) is 0 Å². The van der Waals surface area contributed by atoms with Gasteiger partial charge in [-0.2, -0.15) is 0 Å². The predicted molar refractivity (Wildman–Crippen MR) is 17.3 cm³/mol. The summed E-state index contributed by atoms with van der Waals surface area (Å²) in [6, 6.07) is 0. The van der Waals surface area contributed by atoms with Crippen molar-refractivity contribution in [3.8, 4) is 0 Å². The molecule has 3 radical (unpaired) electrons. The summed E-state index contributed by atoms with van der Waals surface area (Å²) in [5, 5.41) is 0. The summed E-state index contributed by atoms with van der Waals surface area (Å²) in [4.78, 5) is 0. The van der Waals surface area contributed by atoms with Crippen molar-refractivity contribution in [2.24, 2.45) is 0 Å². The summed E-state index contributed by atoms with van der Waals surface area (Å²) >= 11 is 0.145. The van der Waals surface area contributed by atoms with Crippen molar-refractivity contribution in [3.05, 3.63) is 0 Å². The van der Waals surface area contributed by atoms with E-state index in [2.05, 4.69) is 0 Å². The summed E-state index contributed by atoms with van der Waals surface area (Å²) in [6.45, 7) is 0. The molecule has 0 saturated heterocycles. The van der Waals surface area contributed by atoms with E-state index in [1.165, 1.54) is 0 Å². The Morgan fingerprint density at radius 3 is 1.60 bits per heavy atom. The van der Waals surface area contributed by atoms with Gasteiger partial charge in [-0.25, -0.2) is 0 Å². The monoisotopic (exact) mass is 201 g/mol. The Balaban J connectivity index is 4.06. The number of hydrogen-bond acceptors (Lipinski definition) is 2. The zero-order chi connectivity index (χ0) is 4.50. The van der Waals surface area contributed by atoms with Gasteiger partial charge in [0, 0.05) is 0 Å². The molecule has 0 spiro atoms. The molecule has 29 valence electrons. The minimum atomic E-state index is -3.58. The maximum atomic E-state index is 9.23. The van der Waals surface area contributed by atoms with Gasteiger partial charge >= 0.3 is 41.4 Å². The van der Waals surface area contributed by atoms with E-state index in [-0.39, 0.29) is 21.1 Å². The third kappa shape index (κ3) is 68.8. The fourth-order valence-electron chi connectivity index (χ4n) is 0. The van der Waals surface area contributed by atoms with Gasteiger partial charge in [-0.15, -0.1) is 0 Å². The molecular weight excluding hydrogens is 199 g/mol. The van der Waals surface area contributed by atoms with Crippen molar-refractivity contribution < 1.29 is 13.0 Å². The zero-order valence-electron chi connectivity index (χ0n) is 2.17. The van der Waals surface area contributed by atoms with E-state index >= 15 is 0 Å². The Morgan fingerprint density at radius 2 is 1.60 bits per heavy atom. The molecule has 0 aromatic rings. The third-order valence-electron chi connectivity index (χ3n) is 0. The molecule has 0 bridgehead atoms. The second-order valence-electron chi connectivity index (χ2n) is 0.475. The van der Waals surface area contributed by atoms with Gasteiger partial charge in [-0.3, -0.25) is 0 Å².